The summed E-state index contributed by atoms with van der Waals surface area (Å²) < 4.78 is 6.62. The lowest BCUT2D eigenvalue weighted by Crippen LogP contribution is -2.34. The van der Waals surface area contributed by atoms with E-state index in [1.807, 2.05) is 24.3 Å². The summed E-state index contributed by atoms with van der Waals surface area (Å²) in [6, 6.07) is 8.41. The van der Waals surface area contributed by atoms with Gasteiger partial charge in [0.25, 0.3) is 0 Å². The molecule has 3 aliphatic rings. The van der Waals surface area contributed by atoms with Crippen LogP contribution in [0, 0.1) is 23.7 Å². The van der Waals surface area contributed by atoms with Crippen molar-refractivity contribution in [1.82, 2.24) is 5.32 Å². The van der Waals surface area contributed by atoms with Crippen LogP contribution in [0.3, 0.4) is 0 Å². The highest BCUT2D eigenvalue weighted by Gasteiger charge is 2.64. The minimum atomic E-state index is -0.442. The quantitative estimate of drug-likeness (QED) is 0.827. The normalized spacial score (nSPS) is 37.3. The Morgan fingerprint density at radius 2 is 2.05 bits per heavy atom. The van der Waals surface area contributed by atoms with Gasteiger partial charge in [-0.3, -0.25) is 0 Å². The maximum Gasteiger partial charge on any atom is 0.120 e. The maximum atomic E-state index is 10.1. The first-order valence-electron chi connectivity index (χ1n) is 8.02. The van der Waals surface area contributed by atoms with Gasteiger partial charge < -0.3 is 15.2 Å². The molecule has 0 heterocycles. The molecule has 0 aliphatic heterocycles. The van der Waals surface area contributed by atoms with Crippen molar-refractivity contribution in [2.24, 2.45) is 23.7 Å². The molecule has 0 aromatic heterocycles. The zero-order valence-corrected chi connectivity index (χ0v) is 13.6. The molecular weight excluding hydrogens is 330 g/mol. The van der Waals surface area contributed by atoms with Crippen LogP contribution in [0.4, 0.5) is 0 Å². The van der Waals surface area contributed by atoms with Crippen molar-refractivity contribution in [3.8, 4) is 5.75 Å². The summed E-state index contributed by atoms with van der Waals surface area (Å²) in [5.74, 6) is 4.59. The van der Waals surface area contributed by atoms with E-state index in [0.717, 1.165) is 33.9 Å². The molecule has 0 amide bonds. The first-order valence-corrected chi connectivity index (χ1v) is 8.81. The summed E-state index contributed by atoms with van der Waals surface area (Å²) in [5, 5.41) is 13.6. The van der Waals surface area contributed by atoms with Crippen LogP contribution >= 0.6 is 15.9 Å². The molecule has 1 aromatic carbocycles. The lowest BCUT2D eigenvalue weighted by molar-refractivity contribution is 0.105. The molecular formula is C17H22BrNO2. The number of aliphatic hydroxyl groups is 1. The van der Waals surface area contributed by atoms with Crippen molar-refractivity contribution in [2.45, 2.75) is 31.4 Å². The predicted molar refractivity (Wildman–Crippen MR) is 85.2 cm³/mol. The monoisotopic (exact) mass is 351 g/mol. The van der Waals surface area contributed by atoms with Crippen LogP contribution in [0.2, 0.25) is 0 Å². The Hall–Kier alpha value is -0.580. The minimum absolute atomic E-state index is 0.346. The maximum absolute atomic E-state index is 10.1. The number of hydrogen-bond donors (Lipinski definition) is 2. The summed E-state index contributed by atoms with van der Waals surface area (Å²) in [6.07, 6.45) is 3.92. The molecule has 1 aromatic rings. The standard InChI is InChI=1S/C17H22BrNO2/c18-12-2-1-3-14(7-12)21-9-13(20)8-19-17-15-10-4-5-11(6-10)16(15)17/h1-3,7,10-11,13,15-17,19-20H,4-6,8-9H2. The molecule has 2 bridgehead atoms. The van der Waals surface area contributed by atoms with Gasteiger partial charge in [-0.15, -0.1) is 0 Å². The van der Waals surface area contributed by atoms with Crippen molar-refractivity contribution >= 4 is 15.9 Å². The Morgan fingerprint density at radius 1 is 1.29 bits per heavy atom. The molecule has 2 N–H and O–H groups in total. The number of halogens is 1. The van der Waals surface area contributed by atoms with Gasteiger partial charge in [0, 0.05) is 17.1 Å². The largest absolute Gasteiger partial charge is 0.491 e. The zero-order valence-electron chi connectivity index (χ0n) is 12.0. The Kier molecular flexibility index (Phi) is 3.72. The molecule has 3 aliphatic carbocycles. The van der Waals surface area contributed by atoms with E-state index in [4.69, 9.17) is 4.74 Å². The van der Waals surface area contributed by atoms with Gasteiger partial charge in [0.05, 0.1) is 0 Å². The van der Waals surface area contributed by atoms with Gasteiger partial charge in [-0.25, -0.2) is 0 Å². The van der Waals surface area contributed by atoms with Crippen LogP contribution in [0.5, 0.6) is 5.75 Å². The lowest BCUT2D eigenvalue weighted by atomic mass is 10.0. The first kappa shape index (κ1) is 14.0. The second-order valence-corrected chi connectivity index (χ2v) is 7.76. The number of ether oxygens (including phenoxy) is 1. The third-order valence-electron chi connectivity index (χ3n) is 5.56. The van der Waals surface area contributed by atoms with E-state index in [1.165, 1.54) is 19.3 Å². The molecule has 0 radical (unpaired) electrons. The summed E-state index contributed by atoms with van der Waals surface area (Å²) in [4.78, 5) is 0. The molecule has 0 spiro atoms. The molecule has 4 heteroatoms. The molecule has 3 saturated carbocycles. The lowest BCUT2D eigenvalue weighted by Gasteiger charge is -2.15. The second kappa shape index (κ2) is 5.56. The molecule has 4 rings (SSSR count). The van der Waals surface area contributed by atoms with E-state index in [-0.39, 0.29) is 0 Å². The van der Waals surface area contributed by atoms with E-state index >= 15 is 0 Å². The number of benzene rings is 1. The van der Waals surface area contributed by atoms with E-state index in [9.17, 15) is 5.11 Å². The van der Waals surface area contributed by atoms with Gasteiger partial charge in [-0.1, -0.05) is 22.0 Å². The number of fused-ring (bicyclic) bond motifs is 5. The number of aliphatic hydroxyl groups excluding tert-OH is 1. The van der Waals surface area contributed by atoms with Crippen molar-refractivity contribution < 1.29 is 9.84 Å². The summed E-state index contributed by atoms with van der Waals surface area (Å²) in [5.41, 5.74) is 0. The smallest absolute Gasteiger partial charge is 0.120 e. The highest BCUT2D eigenvalue weighted by Crippen LogP contribution is 2.65. The van der Waals surface area contributed by atoms with Gasteiger partial charge in [0.1, 0.15) is 18.5 Å². The van der Waals surface area contributed by atoms with E-state index in [2.05, 4.69) is 21.2 Å². The van der Waals surface area contributed by atoms with Crippen molar-refractivity contribution in [1.29, 1.82) is 0 Å². The predicted octanol–water partition coefficient (Wildman–Crippen LogP) is 2.82. The average Bonchev–Trinajstić information content (AvgIpc) is 2.86. The molecule has 5 atom stereocenters. The van der Waals surface area contributed by atoms with Crippen LogP contribution in [-0.4, -0.2) is 30.4 Å². The highest BCUT2D eigenvalue weighted by molar-refractivity contribution is 9.10. The van der Waals surface area contributed by atoms with Gasteiger partial charge in [-0.05, 0) is 61.1 Å². The highest BCUT2D eigenvalue weighted by atomic mass is 79.9. The van der Waals surface area contributed by atoms with Crippen LogP contribution in [0.25, 0.3) is 0 Å². The zero-order chi connectivity index (χ0) is 14.4. The Morgan fingerprint density at radius 3 is 2.76 bits per heavy atom. The Bertz CT molecular complexity index is 507. The summed E-state index contributed by atoms with van der Waals surface area (Å²) in [6.45, 7) is 0.990. The second-order valence-electron chi connectivity index (χ2n) is 6.84. The molecule has 21 heavy (non-hydrogen) atoms. The van der Waals surface area contributed by atoms with Crippen LogP contribution in [-0.2, 0) is 0 Å². The summed E-state index contributed by atoms with van der Waals surface area (Å²) in [7, 11) is 0. The minimum Gasteiger partial charge on any atom is -0.491 e. The molecule has 5 unspecified atom stereocenters. The van der Waals surface area contributed by atoms with E-state index in [0.29, 0.717) is 19.2 Å². The number of nitrogens with one attached hydrogen (secondary N) is 1. The SMILES string of the molecule is OC(CNC1C2C3CCC(C3)C12)COc1cccc(Br)c1. The topological polar surface area (TPSA) is 41.5 Å². The van der Waals surface area contributed by atoms with Gasteiger partial charge in [0.2, 0.25) is 0 Å². The number of hydrogen-bond acceptors (Lipinski definition) is 3. The molecule has 3 nitrogen and oxygen atoms in total. The third kappa shape index (κ3) is 2.73. The fourth-order valence-corrected chi connectivity index (χ4v) is 5.06. The van der Waals surface area contributed by atoms with E-state index in [1.54, 1.807) is 0 Å². The molecule has 114 valence electrons. The van der Waals surface area contributed by atoms with Gasteiger partial charge in [0.15, 0.2) is 0 Å². The summed E-state index contributed by atoms with van der Waals surface area (Å²) >= 11 is 3.42. The van der Waals surface area contributed by atoms with Crippen molar-refractivity contribution in [2.75, 3.05) is 13.2 Å². The average molecular weight is 352 g/mol. The first-order chi connectivity index (χ1) is 10.2. The Labute approximate surface area is 134 Å². The van der Waals surface area contributed by atoms with Crippen LogP contribution in [0.15, 0.2) is 28.7 Å². The molecule has 0 saturated heterocycles. The van der Waals surface area contributed by atoms with Crippen molar-refractivity contribution in [3.05, 3.63) is 28.7 Å². The fourth-order valence-electron chi connectivity index (χ4n) is 4.68. The van der Waals surface area contributed by atoms with Gasteiger partial charge in [-0.2, -0.15) is 0 Å². The molecule has 3 fully saturated rings. The number of rotatable bonds is 6. The van der Waals surface area contributed by atoms with Crippen LogP contribution < -0.4 is 10.1 Å². The third-order valence-corrected chi connectivity index (χ3v) is 6.06. The van der Waals surface area contributed by atoms with E-state index < -0.39 is 6.10 Å². The fraction of sp³-hybridized carbons (Fsp3) is 0.647. The Balaban J connectivity index is 1.20. The van der Waals surface area contributed by atoms with Gasteiger partial charge >= 0.3 is 0 Å². The van der Waals surface area contributed by atoms with Crippen molar-refractivity contribution in [3.63, 3.8) is 0 Å². The van der Waals surface area contributed by atoms with Crippen LogP contribution in [0.1, 0.15) is 19.3 Å².